The number of hydrogen-bond donors (Lipinski definition) is 4. The van der Waals surface area contributed by atoms with Crippen LogP contribution in [0.4, 0.5) is 0 Å². The molecule has 4 N–H and O–H groups in total. The molecule has 1 aromatic carbocycles. The maximum atomic E-state index is 10.1. The minimum Gasteiger partial charge on any atom is -0.390 e. The van der Waals surface area contributed by atoms with Crippen LogP contribution in [0, 0.1) is 0 Å². The standard InChI is InChI=1S/C13H22N2O2/c1-14-8-7-12(16)13(17)11-6-4-3-5-10(11)9-15-2/h3-6,12-17H,7-9H2,1-2H3. The summed E-state index contributed by atoms with van der Waals surface area (Å²) in [6.07, 6.45) is -1.03. The number of aliphatic hydroxyl groups is 2. The van der Waals surface area contributed by atoms with Crippen molar-refractivity contribution in [3.8, 4) is 0 Å². The van der Waals surface area contributed by atoms with Gasteiger partial charge in [-0.3, -0.25) is 0 Å². The van der Waals surface area contributed by atoms with Crippen molar-refractivity contribution in [3.63, 3.8) is 0 Å². The molecular weight excluding hydrogens is 216 g/mol. The van der Waals surface area contributed by atoms with Crippen molar-refractivity contribution in [2.45, 2.75) is 25.2 Å². The van der Waals surface area contributed by atoms with Gasteiger partial charge in [-0.2, -0.15) is 0 Å². The molecule has 0 radical (unpaired) electrons. The van der Waals surface area contributed by atoms with E-state index in [2.05, 4.69) is 10.6 Å². The van der Waals surface area contributed by atoms with Crippen molar-refractivity contribution in [1.82, 2.24) is 10.6 Å². The van der Waals surface area contributed by atoms with Gasteiger partial charge in [0, 0.05) is 6.54 Å². The van der Waals surface area contributed by atoms with E-state index in [0.29, 0.717) is 19.5 Å². The van der Waals surface area contributed by atoms with Gasteiger partial charge in [0.2, 0.25) is 0 Å². The van der Waals surface area contributed by atoms with Gasteiger partial charge >= 0.3 is 0 Å². The van der Waals surface area contributed by atoms with Crippen LogP contribution in [0.3, 0.4) is 0 Å². The minimum absolute atomic E-state index is 0.533. The molecule has 0 amide bonds. The van der Waals surface area contributed by atoms with Crippen molar-refractivity contribution >= 4 is 0 Å². The Bertz CT molecular complexity index is 331. The molecule has 0 saturated carbocycles. The van der Waals surface area contributed by atoms with Crippen LogP contribution in [0.1, 0.15) is 23.7 Å². The Morgan fingerprint density at radius 1 is 1.12 bits per heavy atom. The molecular formula is C13H22N2O2. The molecule has 96 valence electrons. The Balaban J connectivity index is 2.76. The number of aliphatic hydroxyl groups excluding tert-OH is 2. The summed E-state index contributed by atoms with van der Waals surface area (Å²) in [5.74, 6) is 0. The molecule has 2 unspecified atom stereocenters. The average Bonchev–Trinajstić information content (AvgIpc) is 2.36. The van der Waals surface area contributed by atoms with Gasteiger partial charge in [0.1, 0.15) is 6.10 Å². The van der Waals surface area contributed by atoms with Crippen molar-refractivity contribution < 1.29 is 10.2 Å². The highest BCUT2D eigenvalue weighted by Crippen LogP contribution is 2.22. The Morgan fingerprint density at radius 3 is 2.47 bits per heavy atom. The zero-order valence-corrected chi connectivity index (χ0v) is 10.5. The molecule has 0 aliphatic carbocycles. The fourth-order valence-corrected chi connectivity index (χ4v) is 1.83. The molecule has 17 heavy (non-hydrogen) atoms. The lowest BCUT2D eigenvalue weighted by Gasteiger charge is -2.20. The third kappa shape index (κ3) is 4.09. The maximum Gasteiger partial charge on any atom is 0.105 e. The van der Waals surface area contributed by atoms with Crippen LogP contribution in [0.5, 0.6) is 0 Å². The Morgan fingerprint density at radius 2 is 1.82 bits per heavy atom. The van der Waals surface area contributed by atoms with Crippen LogP contribution in [0.25, 0.3) is 0 Å². The molecule has 0 spiro atoms. The molecule has 0 aliphatic heterocycles. The van der Waals surface area contributed by atoms with Crippen molar-refractivity contribution in [2.75, 3.05) is 20.6 Å². The number of nitrogens with one attached hydrogen (secondary N) is 2. The lowest BCUT2D eigenvalue weighted by molar-refractivity contribution is 0.0135. The summed E-state index contributed by atoms with van der Waals surface area (Å²) in [5, 5.41) is 26.0. The van der Waals surface area contributed by atoms with Crippen LogP contribution in [0.15, 0.2) is 24.3 Å². The first-order valence-electron chi connectivity index (χ1n) is 5.93. The smallest absolute Gasteiger partial charge is 0.105 e. The van der Waals surface area contributed by atoms with Crippen LogP contribution in [0.2, 0.25) is 0 Å². The van der Waals surface area contributed by atoms with Gasteiger partial charge in [-0.05, 0) is 38.2 Å². The quantitative estimate of drug-likeness (QED) is 0.555. The predicted molar refractivity (Wildman–Crippen MR) is 68.7 cm³/mol. The van der Waals surface area contributed by atoms with Crippen LogP contribution >= 0.6 is 0 Å². The van der Waals surface area contributed by atoms with Crippen molar-refractivity contribution in [3.05, 3.63) is 35.4 Å². The fraction of sp³-hybridized carbons (Fsp3) is 0.538. The van der Waals surface area contributed by atoms with E-state index in [1.165, 1.54) is 0 Å². The lowest BCUT2D eigenvalue weighted by Crippen LogP contribution is -2.24. The molecule has 0 aliphatic rings. The van der Waals surface area contributed by atoms with Gasteiger partial charge in [0.25, 0.3) is 0 Å². The highest BCUT2D eigenvalue weighted by atomic mass is 16.3. The summed E-state index contributed by atoms with van der Waals surface area (Å²) >= 11 is 0. The van der Waals surface area contributed by atoms with E-state index < -0.39 is 12.2 Å². The van der Waals surface area contributed by atoms with Crippen LogP contribution < -0.4 is 10.6 Å². The fourth-order valence-electron chi connectivity index (χ4n) is 1.83. The summed E-state index contributed by atoms with van der Waals surface area (Å²) in [7, 11) is 3.69. The van der Waals surface area contributed by atoms with Gasteiger partial charge in [0.05, 0.1) is 6.10 Å². The van der Waals surface area contributed by atoms with Gasteiger partial charge in [-0.1, -0.05) is 24.3 Å². The van der Waals surface area contributed by atoms with E-state index in [9.17, 15) is 10.2 Å². The highest BCUT2D eigenvalue weighted by molar-refractivity contribution is 5.29. The Labute approximate surface area is 103 Å². The summed E-state index contributed by atoms with van der Waals surface area (Å²) in [4.78, 5) is 0. The molecule has 1 aromatic rings. The maximum absolute atomic E-state index is 10.1. The molecule has 0 aromatic heterocycles. The second-order valence-electron chi connectivity index (χ2n) is 4.13. The highest BCUT2D eigenvalue weighted by Gasteiger charge is 2.19. The van der Waals surface area contributed by atoms with E-state index in [0.717, 1.165) is 11.1 Å². The van der Waals surface area contributed by atoms with E-state index in [4.69, 9.17) is 0 Å². The SMILES string of the molecule is CNCCC(O)C(O)c1ccccc1CNC. The largest absolute Gasteiger partial charge is 0.390 e. The third-order valence-corrected chi connectivity index (χ3v) is 2.80. The first-order chi connectivity index (χ1) is 8.20. The molecule has 0 bridgehead atoms. The zero-order valence-electron chi connectivity index (χ0n) is 10.5. The summed E-state index contributed by atoms with van der Waals surface area (Å²) in [6.45, 7) is 1.37. The monoisotopic (exact) mass is 238 g/mol. The van der Waals surface area contributed by atoms with Crippen LogP contribution in [-0.2, 0) is 6.54 Å². The topological polar surface area (TPSA) is 64.5 Å². The third-order valence-electron chi connectivity index (χ3n) is 2.80. The number of hydrogen-bond acceptors (Lipinski definition) is 4. The van der Waals surface area contributed by atoms with E-state index in [1.807, 2.05) is 38.4 Å². The lowest BCUT2D eigenvalue weighted by atomic mass is 9.97. The number of rotatable bonds is 7. The molecule has 4 nitrogen and oxygen atoms in total. The number of benzene rings is 1. The zero-order chi connectivity index (χ0) is 12.7. The Hall–Kier alpha value is -0.940. The van der Waals surface area contributed by atoms with Crippen molar-refractivity contribution in [1.29, 1.82) is 0 Å². The normalized spacial score (nSPS) is 14.6. The second kappa shape index (κ2) is 7.40. The molecule has 0 fully saturated rings. The van der Waals surface area contributed by atoms with E-state index in [1.54, 1.807) is 0 Å². The van der Waals surface area contributed by atoms with Gasteiger partial charge in [-0.25, -0.2) is 0 Å². The Kier molecular flexibility index (Phi) is 6.15. The molecule has 2 atom stereocenters. The first kappa shape index (κ1) is 14.1. The predicted octanol–water partition coefficient (Wildman–Crippen LogP) is 0.410. The summed E-state index contributed by atoms with van der Waals surface area (Å²) < 4.78 is 0. The minimum atomic E-state index is -0.826. The summed E-state index contributed by atoms with van der Waals surface area (Å²) in [5.41, 5.74) is 1.82. The van der Waals surface area contributed by atoms with E-state index in [-0.39, 0.29) is 0 Å². The molecule has 0 saturated heterocycles. The van der Waals surface area contributed by atoms with Crippen LogP contribution in [-0.4, -0.2) is 37.0 Å². The molecule has 4 heteroatoms. The van der Waals surface area contributed by atoms with E-state index >= 15 is 0 Å². The summed E-state index contributed by atoms with van der Waals surface area (Å²) in [6, 6.07) is 7.63. The average molecular weight is 238 g/mol. The second-order valence-corrected chi connectivity index (χ2v) is 4.13. The van der Waals surface area contributed by atoms with Gasteiger partial charge in [0.15, 0.2) is 0 Å². The first-order valence-corrected chi connectivity index (χ1v) is 5.93. The van der Waals surface area contributed by atoms with Gasteiger partial charge < -0.3 is 20.8 Å². The van der Waals surface area contributed by atoms with Gasteiger partial charge in [-0.15, -0.1) is 0 Å². The van der Waals surface area contributed by atoms with Crippen molar-refractivity contribution in [2.24, 2.45) is 0 Å². The molecule has 1 rings (SSSR count). The molecule has 0 heterocycles.